The largest absolute Gasteiger partial charge is 0.480 e. The van der Waals surface area contributed by atoms with Gasteiger partial charge in [0.1, 0.15) is 12.6 Å². The lowest BCUT2D eigenvalue weighted by atomic mass is 10.2. The number of carboxylic acid groups (broad SMARTS) is 1. The SMILES string of the molecule is CC(N)C(=O)N1CCCC1C(=O)NCC(=O)NCC(=O)O. The summed E-state index contributed by atoms with van der Waals surface area (Å²) in [5.41, 5.74) is 5.53. The lowest BCUT2D eigenvalue weighted by Gasteiger charge is -2.25. The molecule has 1 fully saturated rings. The first-order chi connectivity index (χ1) is 9.82. The first-order valence-electron chi connectivity index (χ1n) is 6.65. The molecular formula is C12H20N4O5. The van der Waals surface area contributed by atoms with E-state index in [1.807, 2.05) is 0 Å². The fourth-order valence-electron chi connectivity index (χ4n) is 2.09. The summed E-state index contributed by atoms with van der Waals surface area (Å²) >= 11 is 0. The normalized spacial score (nSPS) is 19.0. The average Bonchev–Trinajstić information content (AvgIpc) is 2.90. The highest BCUT2D eigenvalue weighted by atomic mass is 16.4. The minimum atomic E-state index is -1.17. The lowest BCUT2D eigenvalue weighted by Crippen LogP contribution is -2.51. The second-order valence-corrected chi connectivity index (χ2v) is 4.87. The summed E-state index contributed by atoms with van der Waals surface area (Å²) in [6.07, 6.45) is 1.21. The van der Waals surface area contributed by atoms with Gasteiger partial charge < -0.3 is 26.4 Å². The van der Waals surface area contributed by atoms with E-state index in [0.29, 0.717) is 19.4 Å². The van der Waals surface area contributed by atoms with Crippen molar-refractivity contribution in [1.29, 1.82) is 0 Å². The molecule has 0 spiro atoms. The molecule has 5 N–H and O–H groups in total. The van der Waals surface area contributed by atoms with Gasteiger partial charge in [0.05, 0.1) is 12.6 Å². The topological polar surface area (TPSA) is 142 Å². The number of nitrogens with zero attached hydrogens (tertiary/aromatic N) is 1. The van der Waals surface area contributed by atoms with Crippen molar-refractivity contribution in [1.82, 2.24) is 15.5 Å². The summed E-state index contributed by atoms with van der Waals surface area (Å²) in [5, 5.41) is 12.9. The summed E-state index contributed by atoms with van der Waals surface area (Å²) < 4.78 is 0. The molecule has 0 aliphatic carbocycles. The molecule has 1 rings (SSSR count). The summed E-state index contributed by atoms with van der Waals surface area (Å²) in [7, 11) is 0. The van der Waals surface area contributed by atoms with Crippen molar-refractivity contribution < 1.29 is 24.3 Å². The Morgan fingerprint density at radius 1 is 1.29 bits per heavy atom. The smallest absolute Gasteiger partial charge is 0.322 e. The van der Waals surface area contributed by atoms with Crippen molar-refractivity contribution >= 4 is 23.7 Å². The Kier molecular flexibility index (Phi) is 6.10. The fourth-order valence-corrected chi connectivity index (χ4v) is 2.09. The van der Waals surface area contributed by atoms with Gasteiger partial charge in [-0.3, -0.25) is 19.2 Å². The van der Waals surface area contributed by atoms with Crippen LogP contribution in [-0.4, -0.2) is 65.4 Å². The van der Waals surface area contributed by atoms with Crippen LogP contribution in [0.25, 0.3) is 0 Å². The number of rotatable bonds is 6. The number of hydrogen-bond donors (Lipinski definition) is 4. The molecule has 1 saturated heterocycles. The zero-order chi connectivity index (χ0) is 16.0. The lowest BCUT2D eigenvalue weighted by molar-refractivity contribution is -0.140. The van der Waals surface area contributed by atoms with Gasteiger partial charge in [0.25, 0.3) is 0 Å². The standard InChI is InChI=1S/C12H20N4O5/c1-7(13)12(21)16-4-2-3-8(16)11(20)15-5-9(17)14-6-10(18)19/h7-8H,2-6,13H2,1H3,(H,14,17)(H,15,20)(H,18,19). The summed E-state index contributed by atoms with van der Waals surface area (Å²) in [5.74, 6) is -2.51. The third-order valence-corrected chi connectivity index (χ3v) is 3.09. The van der Waals surface area contributed by atoms with Crippen molar-refractivity contribution in [2.45, 2.75) is 31.8 Å². The molecule has 1 aliphatic heterocycles. The van der Waals surface area contributed by atoms with Crippen LogP contribution in [0.3, 0.4) is 0 Å². The first kappa shape index (κ1) is 16.9. The van der Waals surface area contributed by atoms with E-state index in [9.17, 15) is 19.2 Å². The van der Waals surface area contributed by atoms with E-state index in [2.05, 4.69) is 10.6 Å². The number of nitrogens with two attached hydrogens (primary N) is 1. The van der Waals surface area contributed by atoms with Gasteiger partial charge in [-0.2, -0.15) is 0 Å². The van der Waals surface area contributed by atoms with E-state index in [4.69, 9.17) is 10.8 Å². The molecule has 118 valence electrons. The van der Waals surface area contributed by atoms with E-state index in [1.165, 1.54) is 4.90 Å². The van der Waals surface area contributed by atoms with Crippen LogP contribution in [0.1, 0.15) is 19.8 Å². The molecule has 3 amide bonds. The maximum absolute atomic E-state index is 12.0. The van der Waals surface area contributed by atoms with Crippen LogP contribution >= 0.6 is 0 Å². The Morgan fingerprint density at radius 3 is 2.52 bits per heavy atom. The minimum Gasteiger partial charge on any atom is -0.480 e. The van der Waals surface area contributed by atoms with Crippen LogP contribution < -0.4 is 16.4 Å². The minimum absolute atomic E-state index is 0.303. The fraction of sp³-hybridized carbons (Fsp3) is 0.667. The molecule has 0 bridgehead atoms. The quantitative estimate of drug-likeness (QED) is 0.432. The van der Waals surface area contributed by atoms with E-state index in [1.54, 1.807) is 6.92 Å². The molecule has 0 aromatic rings. The van der Waals surface area contributed by atoms with Crippen LogP contribution in [0.5, 0.6) is 0 Å². The van der Waals surface area contributed by atoms with Crippen LogP contribution in [0, 0.1) is 0 Å². The highest BCUT2D eigenvalue weighted by Crippen LogP contribution is 2.18. The molecular weight excluding hydrogens is 280 g/mol. The molecule has 21 heavy (non-hydrogen) atoms. The third-order valence-electron chi connectivity index (χ3n) is 3.09. The Labute approximate surface area is 121 Å². The molecule has 2 atom stereocenters. The number of hydrogen-bond acceptors (Lipinski definition) is 5. The number of aliphatic carboxylic acids is 1. The second-order valence-electron chi connectivity index (χ2n) is 4.87. The van der Waals surface area contributed by atoms with Gasteiger partial charge in [-0.1, -0.05) is 0 Å². The predicted octanol–water partition coefficient (Wildman–Crippen LogP) is -2.36. The Bertz CT molecular complexity index is 437. The van der Waals surface area contributed by atoms with Gasteiger partial charge >= 0.3 is 5.97 Å². The van der Waals surface area contributed by atoms with Crippen molar-refractivity contribution in [2.24, 2.45) is 5.73 Å². The number of nitrogens with one attached hydrogen (secondary N) is 2. The molecule has 0 radical (unpaired) electrons. The maximum atomic E-state index is 12.0. The van der Waals surface area contributed by atoms with Crippen molar-refractivity contribution in [2.75, 3.05) is 19.6 Å². The van der Waals surface area contributed by atoms with Gasteiger partial charge in [-0.15, -0.1) is 0 Å². The summed E-state index contributed by atoms with van der Waals surface area (Å²) in [6.45, 7) is 1.18. The van der Waals surface area contributed by atoms with E-state index in [0.717, 1.165) is 0 Å². The van der Waals surface area contributed by atoms with Crippen molar-refractivity contribution in [3.8, 4) is 0 Å². The number of carbonyl (C=O) groups is 4. The molecule has 0 saturated carbocycles. The van der Waals surface area contributed by atoms with Gasteiger partial charge in [0, 0.05) is 6.54 Å². The number of likely N-dealkylation sites (tertiary alicyclic amines) is 1. The Morgan fingerprint density at radius 2 is 1.95 bits per heavy atom. The monoisotopic (exact) mass is 300 g/mol. The van der Waals surface area contributed by atoms with Crippen LogP contribution in [0.4, 0.5) is 0 Å². The average molecular weight is 300 g/mol. The predicted molar refractivity (Wildman–Crippen MR) is 72.0 cm³/mol. The number of carboxylic acids is 1. The van der Waals surface area contributed by atoms with Gasteiger partial charge in [-0.25, -0.2) is 0 Å². The third kappa shape index (κ3) is 5.03. The maximum Gasteiger partial charge on any atom is 0.322 e. The highest BCUT2D eigenvalue weighted by Gasteiger charge is 2.35. The van der Waals surface area contributed by atoms with E-state index >= 15 is 0 Å². The first-order valence-corrected chi connectivity index (χ1v) is 6.65. The van der Waals surface area contributed by atoms with E-state index < -0.39 is 36.4 Å². The van der Waals surface area contributed by atoms with Gasteiger partial charge in [0.15, 0.2) is 0 Å². The summed E-state index contributed by atoms with van der Waals surface area (Å²) in [4.78, 5) is 46.8. The van der Waals surface area contributed by atoms with Gasteiger partial charge in [-0.05, 0) is 19.8 Å². The van der Waals surface area contributed by atoms with Crippen molar-refractivity contribution in [3.05, 3.63) is 0 Å². The molecule has 0 aromatic carbocycles. The Balaban J connectivity index is 2.45. The number of carbonyl (C=O) groups excluding carboxylic acids is 3. The number of amides is 3. The van der Waals surface area contributed by atoms with Crippen LogP contribution in [0.15, 0.2) is 0 Å². The van der Waals surface area contributed by atoms with Crippen molar-refractivity contribution in [3.63, 3.8) is 0 Å². The zero-order valence-electron chi connectivity index (χ0n) is 11.8. The van der Waals surface area contributed by atoms with E-state index in [-0.39, 0.29) is 12.5 Å². The molecule has 2 unspecified atom stereocenters. The summed E-state index contributed by atoms with van der Waals surface area (Å²) in [6, 6.07) is -1.31. The highest BCUT2D eigenvalue weighted by molar-refractivity contribution is 5.92. The van der Waals surface area contributed by atoms with Gasteiger partial charge in [0.2, 0.25) is 17.7 Å². The molecule has 0 aromatic heterocycles. The molecule has 1 heterocycles. The molecule has 1 aliphatic rings. The zero-order valence-corrected chi connectivity index (χ0v) is 11.8. The second kappa shape index (κ2) is 7.58. The molecule has 9 nitrogen and oxygen atoms in total. The van der Waals surface area contributed by atoms with Crippen LogP contribution in [0.2, 0.25) is 0 Å². The van der Waals surface area contributed by atoms with Crippen LogP contribution in [-0.2, 0) is 19.2 Å². The molecule has 9 heteroatoms. The Hall–Kier alpha value is -2.16.